The van der Waals surface area contributed by atoms with Crippen LogP contribution in [0.3, 0.4) is 0 Å². The van der Waals surface area contributed by atoms with E-state index in [1.165, 1.54) is 24.9 Å². The van der Waals surface area contributed by atoms with Gasteiger partial charge in [0.1, 0.15) is 6.61 Å². The predicted molar refractivity (Wildman–Crippen MR) is 88.0 cm³/mol. The number of hydrogen-bond acceptors (Lipinski definition) is 7. The highest BCUT2D eigenvalue weighted by molar-refractivity contribution is 7.99. The number of thioether (sulfide) groups is 1. The van der Waals surface area contributed by atoms with Gasteiger partial charge in [-0.05, 0) is 12.1 Å². The number of esters is 2. The summed E-state index contributed by atoms with van der Waals surface area (Å²) in [6, 6.07) is 9.92. The zero-order chi connectivity index (χ0) is 17.4. The Bertz CT molecular complexity index is 761. The van der Waals surface area contributed by atoms with Crippen LogP contribution in [-0.4, -0.2) is 41.4 Å². The average molecular weight is 348 g/mol. The minimum atomic E-state index is -0.471. The van der Waals surface area contributed by atoms with E-state index in [0.29, 0.717) is 22.2 Å². The molecule has 0 atom stereocenters. The molecule has 0 amide bonds. The lowest BCUT2D eigenvalue weighted by atomic mass is 10.2. The van der Waals surface area contributed by atoms with Crippen LogP contribution in [0.4, 0.5) is 0 Å². The van der Waals surface area contributed by atoms with E-state index in [2.05, 4.69) is 14.7 Å². The molecule has 0 aliphatic rings. The molecule has 126 valence electrons. The summed E-state index contributed by atoms with van der Waals surface area (Å²) >= 11 is 1.22. The Kier molecular flexibility index (Phi) is 6.56. The van der Waals surface area contributed by atoms with Crippen LogP contribution in [0, 0.1) is 0 Å². The predicted octanol–water partition coefficient (Wildman–Crippen LogP) is 1.43. The fraction of sp³-hybridized carbons (Fsp3) is 0.250. The van der Waals surface area contributed by atoms with Crippen molar-refractivity contribution in [2.75, 3.05) is 19.5 Å². The van der Waals surface area contributed by atoms with Gasteiger partial charge in [0.05, 0.1) is 24.8 Å². The first kappa shape index (κ1) is 17.7. The van der Waals surface area contributed by atoms with Gasteiger partial charge < -0.3 is 14.5 Å². The molecular weight excluding hydrogens is 332 g/mol. The number of nitrogens with zero attached hydrogens (tertiary/aromatic N) is 1. The Morgan fingerprint density at radius 1 is 1.25 bits per heavy atom. The molecular formula is C16H16N2O5S. The lowest BCUT2D eigenvalue weighted by Gasteiger charge is -2.05. The number of H-pyrrole nitrogens is 1. The molecule has 0 unspecified atom stereocenters. The molecule has 7 nitrogen and oxygen atoms in total. The lowest BCUT2D eigenvalue weighted by Crippen LogP contribution is -2.14. The molecule has 2 aromatic rings. The number of benzene rings is 1. The quantitative estimate of drug-likeness (QED) is 0.350. The van der Waals surface area contributed by atoms with Crippen molar-refractivity contribution in [3.8, 4) is 0 Å². The summed E-state index contributed by atoms with van der Waals surface area (Å²) in [5, 5.41) is 0.358. The minimum Gasteiger partial charge on any atom is -0.469 e. The second-order valence-corrected chi connectivity index (χ2v) is 5.73. The first-order valence-electron chi connectivity index (χ1n) is 7.10. The van der Waals surface area contributed by atoms with Crippen molar-refractivity contribution in [3.63, 3.8) is 0 Å². The van der Waals surface area contributed by atoms with Crippen LogP contribution in [0.2, 0.25) is 0 Å². The minimum absolute atomic E-state index is 0.0724. The normalized spacial score (nSPS) is 10.2. The second kappa shape index (κ2) is 8.88. The third-order valence-electron chi connectivity index (χ3n) is 2.89. The van der Waals surface area contributed by atoms with Gasteiger partial charge in [-0.15, -0.1) is 0 Å². The maximum Gasteiger partial charge on any atom is 0.338 e. The summed E-state index contributed by atoms with van der Waals surface area (Å²) in [7, 11) is 1.27. The van der Waals surface area contributed by atoms with Crippen LogP contribution in [0.25, 0.3) is 0 Å². The Balaban J connectivity index is 1.85. The zero-order valence-corrected chi connectivity index (χ0v) is 13.8. The molecule has 1 heterocycles. The van der Waals surface area contributed by atoms with Crippen LogP contribution in [0.15, 0.2) is 46.3 Å². The maximum atomic E-state index is 11.8. The van der Waals surface area contributed by atoms with E-state index in [-0.39, 0.29) is 18.6 Å². The number of methoxy groups -OCH3 is 1. The van der Waals surface area contributed by atoms with Crippen molar-refractivity contribution in [3.05, 3.63) is 58.0 Å². The standard InChI is InChI=1S/C16H16N2O5S/c1-22-14(20)10-12-9-13(19)18-16(17-12)24-8-7-23-15(21)11-5-3-2-4-6-11/h2-6,9H,7-8,10H2,1H3,(H,17,18,19). The Morgan fingerprint density at radius 3 is 2.71 bits per heavy atom. The average Bonchev–Trinajstić information content (AvgIpc) is 2.58. The van der Waals surface area contributed by atoms with E-state index in [0.717, 1.165) is 0 Å². The van der Waals surface area contributed by atoms with Crippen molar-refractivity contribution >= 4 is 23.7 Å². The molecule has 24 heavy (non-hydrogen) atoms. The van der Waals surface area contributed by atoms with E-state index < -0.39 is 11.9 Å². The number of hydrogen-bond donors (Lipinski definition) is 1. The van der Waals surface area contributed by atoms with E-state index in [1.54, 1.807) is 24.3 Å². The van der Waals surface area contributed by atoms with Gasteiger partial charge in [-0.3, -0.25) is 9.59 Å². The Labute approximate surface area is 142 Å². The maximum absolute atomic E-state index is 11.8. The number of rotatable bonds is 7. The summed E-state index contributed by atoms with van der Waals surface area (Å²) in [5.74, 6) is -0.457. The van der Waals surface area contributed by atoms with Gasteiger partial charge in [0.25, 0.3) is 5.56 Å². The van der Waals surface area contributed by atoms with Crippen LogP contribution in [-0.2, 0) is 20.7 Å². The molecule has 0 saturated heterocycles. The number of carbonyl (C=O) groups excluding carboxylic acids is 2. The topological polar surface area (TPSA) is 98.4 Å². The van der Waals surface area contributed by atoms with Gasteiger partial charge in [0.15, 0.2) is 5.16 Å². The molecule has 8 heteroatoms. The monoisotopic (exact) mass is 348 g/mol. The van der Waals surface area contributed by atoms with Crippen molar-refractivity contribution in [1.82, 2.24) is 9.97 Å². The molecule has 1 aromatic carbocycles. The lowest BCUT2D eigenvalue weighted by molar-refractivity contribution is -0.139. The van der Waals surface area contributed by atoms with Crippen molar-refractivity contribution < 1.29 is 19.1 Å². The van der Waals surface area contributed by atoms with E-state index in [1.807, 2.05) is 6.07 Å². The Hall–Kier alpha value is -2.61. The highest BCUT2D eigenvalue weighted by Gasteiger charge is 2.09. The summed E-state index contributed by atoms with van der Waals surface area (Å²) in [6.07, 6.45) is -0.0724. The number of aromatic amines is 1. The van der Waals surface area contributed by atoms with Gasteiger partial charge >= 0.3 is 11.9 Å². The summed E-state index contributed by atoms with van der Waals surface area (Å²) < 4.78 is 9.68. The van der Waals surface area contributed by atoms with Crippen molar-refractivity contribution in [2.24, 2.45) is 0 Å². The van der Waals surface area contributed by atoms with Gasteiger partial charge in [0, 0.05) is 11.8 Å². The van der Waals surface area contributed by atoms with Crippen LogP contribution in [0.1, 0.15) is 16.1 Å². The number of carbonyl (C=O) groups is 2. The fourth-order valence-electron chi connectivity index (χ4n) is 1.79. The van der Waals surface area contributed by atoms with E-state index >= 15 is 0 Å². The smallest absolute Gasteiger partial charge is 0.338 e. The van der Waals surface area contributed by atoms with Crippen LogP contribution >= 0.6 is 11.8 Å². The summed E-state index contributed by atoms with van der Waals surface area (Å²) in [6.45, 7) is 0.170. The Morgan fingerprint density at radius 2 is 2.00 bits per heavy atom. The third-order valence-corrected chi connectivity index (χ3v) is 3.73. The van der Waals surface area contributed by atoms with Gasteiger partial charge in [-0.1, -0.05) is 30.0 Å². The molecule has 1 N–H and O–H groups in total. The van der Waals surface area contributed by atoms with E-state index in [4.69, 9.17) is 4.74 Å². The van der Waals surface area contributed by atoms with Crippen LogP contribution in [0.5, 0.6) is 0 Å². The van der Waals surface area contributed by atoms with Gasteiger partial charge in [0.2, 0.25) is 0 Å². The largest absolute Gasteiger partial charge is 0.469 e. The van der Waals surface area contributed by atoms with E-state index in [9.17, 15) is 14.4 Å². The molecule has 0 aliphatic carbocycles. The first-order chi connectivity index (χ1) is 11.6. The molecule has 0 saturated carbocycles. The summed E-state index contributed by atoms with van der Waals surface area (Å²) in [5.41, 5.74) is 0.455. The zero-order valence-electron chi connectivity index (χ0n) is 13.0. The van der Waals surface area contributed by atoms with Crippen LogP contribution < -0.4 is 5.56 Å². The van der Waals surface area contributed by atoms with Gasteiger partial charge in [-0.2, -0.15) is 0 Å². The molecule has 0 spiro atoms. The number of ether oxygens (including phenoxy) is 2. The molecule has 0 aliphatic heterocycles. The molecule has 1 aromatic heterocycles. The second-order valence-electron chi connectivity index (χ2n) is 4.65. The van der Waals surface area contributed by atoms with Gasteiger partial charge in [-0.25, -0.2) is 9.78 Å². The fourth-order valence-corrected chi connectivity index (χ4v) is 2.51. The highest BCUT2D eigenvalue weighted by atomic mass is 32.2. The molecule has 0 bridgehead atoms. The number of aromatic nitrogens is 2. The highest BCUT2D eigenvalue weighted by Crippen LogP contribution is 2.12. The van der Waals surface area contributed by atoms with Crippen molar-refractivity contribution in [1.29, 1.82) is 0 Å². The third kappa shape index (κ3) is 5.54. The molecule has 0 fully saturated rings. The summed E-state index contributed by atoms with van der Waals surface area (Å²) in [4.78, 5) is 41.3. The first-order valence-corrected chi connectivity index (χ1v) is 8.09. The molecule has 2 rings (SSSR count). The van der Waals surface area contributed by atoms with Crippen molar-refractivity contribution in [2.45, 2.75) is 11.6 Å². The SMILES string of the molecule is COC(=O)Cc1cc(=O)[nH]c(SCCOC(=O)c2ccccc2)n1. The number of nitrogens with one attached hydrogen (secondary N) is 1. The molecule has 0 radical (unpaired) electrons.